The monoisotopic (exact) mass is 379 g/mol. The average molecular weight is 379 g/mol. The van der Waals surface area contributed by atoms with Crippen molar-refractivity contribution >= 4 is 28.8 Å². The average Bonchev–Trinajstić information content (AvgIpc) is 3.10. The molecule has 2 amide bonds. The minimum atomic E-state index is -0.117. The molecule has 5 nitrogen and oxygen atoms in total. The van der Waals surface area contributed by atoms with Gasteiger partial charge in [0.05, 0.1) is 18.7 Å². The van der Waals surface area contributed by atoms with E-state index < -0.39 is 0 Å². The van der Waals surface area contributed by atoms with Gasteiger partial charge in [-0.2, -0.15) is 0 Å². The number of amides is 2. The van der Waals surface area contributed by atoms with Crippen molar-refractivity contribution in [3.8, 4) is 10.6 Å². The predicted octanol–water partition coefficient (Wildman–Crippen LogP) is 3.94. The lowest BCUT2D eigenvalue weighted by atomic mass is 10.1. The van der Waals surface area contributed by atoms with Crippen LogP contribution < -0.4 is 10.6 Å². The molecule has 0 fully saturated rings. The van der Waals surface area contributed by atoms with Gasteiger partial charge in [0.1, 0.15) is 5.01 Å². The van der Waals surface area contributed by atoms with Crippen molar-refractivity contribution in [1.29, 1.82) is 0 Å². The largest absolute Gasteiger partial charge is 0.350 e. The Morgan fingerprint density at radius 3 is 2.52 bits per heavy atom. The van der Waals surface area contributed by atoms with Crippen LogP contribution in [-0.4, -0.2) is 16.8 Å². The van der Waals surface area contributed by atoms with Crippen LogP contribution in [0.5, 0.6) is 0 Å². The summed E-state index contributed by atoms with van der Waals surface area (Å²) in [4.78, 5) is 27.8. The molecular weight excluding hydrogens is 358 g/mol. The van der Waals surface area contributed by atoms with Crippen LogP contribution in [0.2, 0.25) is 0 Å². The third kappa shape index (κ3) is 5.24. The Kier molecular flexibility index (Phi) is 5.98. The van der Waals surface area contributed by atoms with Gasteiger partial charge in [0.2, 0.25) is 11.8 Å². The Labute approximate surface area is 162 Å². The van der Waals surface area contributed by atoms with Crippen LogP contribution >= 0.6 is 11.3 Å². The van der Waals surface area contributed by atoms with Crippen molar-refractivity contribution in [3.63, 3.8) is 0 Å². The quantitative estimate of drug-likeness (QED) is 0.682. The zero-order valence-electron chi connectivity index (χ0n) is 15.3. The minimum absolute atomic E-state index is 0.0623. The van der Waals surface area contributed by atoms with Gasteiger partial charge in [-0.05, 0) is 30.2 Å². The Morgan fingerprint density at radius 2 is 1.81 bits per heavy atom. The smallest absolute Gasteiger partial charge is 0.224 e. The molecule has 27 heavy (non-hydrogen) atoms. The fourth-order valence-electron chi connectivity index (χ4n) is 2.67. The maximum absolute atomic E-state index is 12.2. The third-order valence-electron chi connectivity index (χ3n) is 4.03. The standard InChI is InChI=1S/C21H21N3O2S/c1-14-5-3-4-6-19(14)21-24-18(13-27-21)12-22-20(26)11-16-7-9-17(10-8-16)23-15(2)25/h3-10,13H,11-12H2,1-2H3,(H,22,26)(H,23,25). The number of anilines is 1. The Bertz CT molecular complexity index is 948. The van der Waals surface area contributed by atoms with E-state index in [1.807, 2.05) is 29.6 Å². The Balaban J connectivity index is 1.54. The molecule has 0 spiro atoms. The molecule has 0 unspecified atom stereocenters. The van der Waals surface area contributed by atoms with Gasteiger partial charge in [-0.1, -0.05) is 36.4 Å². The van der Waals surface area contributed by atoms with E-state index in [2.05, 4.69) is 34.7 Å². The fourth-order valence-corrected chi connectivity index (χ4v) is 3.58. The van der Waals surface area contributed by atoms with Crippen molar-refractivity contribution < 1.29 is 9.59 Å². The third-order valence-corrected chi connectivity index (χ3v) is 4.96. The van der Waals surface area contributed by atoms with E-state index in [0.29, 0.717) is 6.54 Å². The normalized spacial score (nSPS) is 10.4. The van der Waals surface area contributed by atoms with Gasteiger partial charge < -0.3 is 10.6 Å². The van der Waals surface area contributed by atoms with E-state index in [9.17, 15) is 9.59 Å². The lowest BCUT2D eigenvalue weighted by Crippen LogP contribution is -2.24. The van der Waals surface area contributed by atoms with Crippen LogP contribution in [0, 0.1) is 6.92 Å². The van der Waals surface area contributed by atoms with Crippen molar-refractivity contribution in [1.82, 2.24) is 10.3 Å². The van der Waals surface area contributed by atoms with Gasteiger partial charge in [-0.15, -0.1) is 11.3 Å². The van der Waals surface area contributed by atoms with Gasteiger partial charge in [-0.25, -0.2) is 4.98 Å². The molecule has 6 heteroatoms. The summed E-state index contributed by atoms with van der Waals surface area (Å²) in [5, 5.41) is 8.55. The second kappa shape index (κ2) is 8.60. The summed E-state index contributed by atoms with van der Waals surface area (Å²) in [6.07, 6.45) is 0.287. The van der Waals surface area contributed by atoms with Gasteiger partial charge in [0.25, 0.3) is 0 Å². The fraction of sp³-hybridized carbons (Fsp3) is 0.190. The Hall–Kier alpha value is -2.99. The highest BCUT2D eigenvalue weighted by atomic mass is 32.1. The number of carbonyl (C=O) groups excluding carboxylic acids is 2. The summed E-state index contributed by atoms with van der Waals surface area (Å²) >= 11 is 1.58. The van der Waals surface area contributed by atoms with Crippen molar-refractivity contribution in [2.75, 3.05) is 5.32 Å². The van der Waals surface area contributed by atoms with Gasteiger partial charge in [0.15, 0.2) is 0 Å². The summed E-state index contributed by atoms with van der Waals surface area (Å²) < 4.78 is 0. The molecule has 0 saturated heterocycles. The van der Waals surface area contributed by atoms with Crippen LogP contribution in [0.4, 0.5) is 5.69 Å². The molecule has 0 aliphatic carbocycles. The van der Waals surface area contributed by atoms with Gasteiger partial charge in [0, 0.05) is 23.6 Å². The number of hydrogen-bond acceptors (Lipinski definition) is 4. The number of benzene rings is 2. The molecule has 3 aromatic rings. The van der Waals surface area contributed by atoms with Crippen LogP contribution in [0.3, 0.4) is 0 Å². The summed E-state index contributed by atoms with van der Waals surface area (Å²) in [5.41, 5.74) is 4.77. The highest BCUT2D eigenvalue weighted by molar-refractivity contribution is 7.13. The number of thiazole rings is 1. The number of nitrogens with zero attached hydrogens (tertiary/aromatic N) is 1. The summed E-state index contributed by atoms with van der Waals surface area (Å²) in [5.74, 6) is -0.179. The van der Waals surface area contributed by atoms with E-state index in [1.54, 1.807) is 23.5 Å². The highest BCUT2D eigenvalue weighted by Gasteiger charge is 2.09. The first-order valence-corrected chi connectivity index (χ1v) is 9.53. The molecule has 0 radical (unpaired) electrons. The molecule has 2 N–H and O–H groups in total. The maximum Gasteiger partial charge on any atom is 0.224 e. The highest BCUT2D eigenvalue weighted by Crippen LogP contribution is 2.26. The molecule has 0 aliphatic rings. The van der Waals surface area contributed by atoms with E-state index in [1.165, 1.54) is 12.5 Å². The maximum atomic E-state index is 12.2. The van der Waals surface area contributed by atoms with Crippen molar-refractivity contribution in [2.24, 2.45) is 0 Å². The first kappa shape index (κ1) is 18.8. The van der Waals surface area contributed by atoms with E-state index in [-0.39, 0.29) is 18.2 Å². The van der Waals surface area contributed by atoms with E-state index in [0.717, 1.165) is 27.5 Å². The molecule has 3 rings (SSSR count). The van der Waals surface area contributed by atoms with Gasteiger partial charge in [-0.3, -0.25) is 9.59 Å². The first-order chi connectivity index (χ1) is 13.0. The van der Waals surface area contributed by atoms with Crippen LogP contribution in [0.25, 0.3) is 10.6 Å². The summed E-state index contributed by atoms with van der Waals surface area (Å²) in [7, 11) is 0. The molecule has 0 bridgehead atoms. The number of carbonyl (C=O) groups is 2. The summed E-state index contributed by atoms with van der Waals surface area (Å²) in [6, 6.07) is 15.4. The predicted molar refractivity (Wildman–Crippen MR) is 109 cm³/mol. The number of aryl methyl sites for hydroxylation is 1. The molecule has 1 aromatic heterocycles. The van der Waals surface area contributed by atoms with Crippen molar-refractivity contribution in [2.45, 2.75) is 26.8 Å². The van der Waals surface area contributed by atoms with E-state index in [4.69, 9.17) is 0 Å². The molecule has 1 heterocycles. The summed E-state index contributed by atoms with van der Waals surface area (Å²) in [6.45, 7) is 3.94. The number of aromatic nitrogens is 1. The SMILES string of the molecule is CC(=O)Nc1ccc(CC(=O)NCc2csc(-c3ccccc3C)n2)cc1. The second-order valence-corrected chi connectivity index (χ2v) is 7.15. The van der Waals surface area contributed by atoms with Crippen LogP contribution in [0.1, 0.15) is 23.7 Å². The van der Waals surface area contributed by atoms with Crippen molar-refractivity contribution in [3.05, 3.63) is 70.7 Å². The number of hydrogen-bond donors (Lipinski definition) is 2. The molecule has 0 atom stereocenters. The molecule has 138 valence electrons. The zero-order valence-corrected chi connectivity index (χ0v) is 16.1. The molecular formula is C21H21N3O2S. The lowest BCUT2D eigenvalue weighted by Gasteiger charge is -2.06. The molecule has 0 aliphatic heterocycles. The number of rotatable bonds is 6. The zero-order chi connectivity index (χ0) is 19.2. The first-order valence-electron chi connectivity index (χ1n) is 8.65. The second-order valence-electron chi connectivity index (χ2n) is 6.29. The topological polar surface area (TPSA) is 71.1 Å². The Morgan fingerprint density at radius 1 is 1.07 bits per heavy atom. The lowest BCUT2D eigenvalue weighted by molar-refractivity contribution is -0.120. The van der Waals surface area contributed by atoms with Crippen LogP contribution in [0.15, 0.2) is 53.9 Å². The number of nitrogens with one attached hydrogen (secondary N) is 2. The molecule has 0 saturated carbocycles. The van der Waals surface area contributed by atoms with Crippen LogP contribution in [-0.2, 0) is 22.6 Å². The minimum Gasteiger partial charge on any atom is -0.350 e. The molecule has 2 aromatic carbocycles. The van der Waals surface area contributed by atoms with E-state index >= 15 is 0 Å². The van der Waals surface area contributed by atoms with Gasteiger partial charge >= 0.3 is 0 Å².